The molecule has 122 valence electrons. The molecule has 23 heavy (non-hydrogen) atoms. The van der Waals surface area contributed by atoms with Crippen LogP contribution in [0, 0.1) is 0 Å². The van der Waals surface area contributed by atoms with E-state index in [9.17, 15) is 22.8 Å². The normalized spacial score (nSPS) is 18.7. The lowest BCUT2D eigenvalue weighted by molar-refractivity contribution is -0.158. The molecule has 0 spiro atoms. The van der Waals surface area contributed by atoms with E-state index in [4.69, 9.17) is 0 Å². The molecular formula is C14H12F3N3O3. The van der Waals surface area contributed by atoms with Gasteiger partial charge in [0.25, 0.3) is 0 Å². The molecule has 1 aromatic heterocycles. The van der Waals surface area contributed by atoms with Gasteiger partial charge in [-0.25, -0.2) is 9.36 Å². The summed E-state index contributed by atoms with van der Waals surface area (Å²) in [6.45, 7) is -1.40. The summed E-state index contributed by atoms with van der Waals surface area (Å²) in [6, 6.07) is 7.49. The Morgan fingerprint density at radius 3 is 2.57 bits per heavy atom. The van der Waals surface area contributed by atoms with Crippen LogP contribution in [0.25, 0.3) is 11.4 Å². The van der Waals surface area contributed by atoms with Crippen LogP contribution in [0.1, 0.15) is 12.5 Å². The summed E-state index contributed by atoms with van der Waals surface area (Å²) >= 11 is 0. The fourth-order valence-electron chi connectivity index (χ4n) is 2.65. The van der Waals surface area contributed by atoms with E-state index in [1.54, 1.807) is 30.3 Å². The van der Waals surface area contributed by atoms with Crippen LogP contribution in [0.3, 0.4) is 0 Å². The van der Waals surface area contributed by atoms with Crippen LogP contribution in [0.4, 0.5) is 13.2 Å². The van der Waals surface area contributed by atoms with Crippen LogP contribution >= 0.6 is 0 Å². The van der Waals surface area contributed by atoms with Gasteiger partial charge in [0.05, 0.1) is 0 Å². The molecule has 1 saturated heterocycles. The van der Waals surface area contributed by atoms with Gasteiger partial charge >= 0.3 is 11.9 Å². The summed E-state index contributed by atoms with van der Waals surface area (Å²) in [4.78, 5) is 24.8. The third kappa shape index (κ3) is 2.99. The van der Waals surface area contributed by atoms with E-state index in [-0.39, 0.29) is 18.8 Å². The third-order valence-electron chi connectivity index (χ3n) is 3.62. The maximum absolute atomic E-state index is 12.5. The minimum atomic E-state index is -4.48. The number of aromatic nitrogens is 2. The van der Waals surface area contributed by atoms with Crippen molar-refractivity contribution < 1.29 is 22.5 Å². The average molecular weight is 327 g/mol. The highest BCUT2D eigenvalue weighted by atomic mass is 19.4. The number of amides is 1. The maximum Gasteiger partial charge on any atom is 0.442 e. The quantitative estimate of drug-likeness (QED) is 0.863. The topological polar surface area (TPSA) is 68.3 Å². The SMILES string of the molecule is O=C1[C@H](n2c(-c3ccccc3)noc2=O)CCN1CC(F)(F)F. The van der Waals surface area contributed by atoms with Crippen LogP contribution < -0.4 is 5.76 Å². The Morgan fingerprint density at radius 1 is 1.22 bits per heavy atom. The molecule has 0 aliphatic carbocycles. The van der Waals surface area contributed by atoms with E-state index in [0.717, 1.165) is 4.57 Å². The zero-order valence-electron chi connectivity index (χ0n) is 11.8. The lowest BCUT2D eigenvalue weighted by atomic mass is 10.2. The molecule has 2 heterocycles. The van der Waals surface area contributed by atoms with Gasteiger partial charge in [0.2, 0.25) is 5.91 Å². The Hall–Kier alpha value is -2.58. The van der Waals surface area contributed by atoms with Gasteiger partial charge in [-0.1, -0.05) is 35.5 Å². The van der Waals surface area contributed by atoms with Crippen LogP contribution in [0.15, 0.2) is 39.6 Å². The predicted octanol–water partition coefficient (Wildman–Crippen LogP) is 1.84. The fourth-order valence-corrected chi connectivity index (χ4v) is 2.65. The highest BCUT2D eigenvalue weighted by Crippen LogP contribution is 2.29. The molecule has 3 rings (SSSR count). The standard InChI is InChI=1S/C14H12F3N3O3/c15-14(16,17)8-19-7-6-10(12(19)21)20-11(18-23-13(20)22)9-4-2-1-3-5-9/h1-5,10H,6-8H2/t10-/m1/s1. The van der Waals surface area contributed by atoms with E-state index in [2.05, 4.69) is 9.68 Å². The molecule has 1 amide bonds. The van der Waals surface area contributed by atoms with Crippen molar-refractivity contribution in [1.29, 1.82) is 0 Å². The summed E-state index contributed by atoms with van der Waals surface area (Å²) in [6.07, 6.45) is -4.39. The zero-order valence-corrected chi connectivity index (χ0v) is 11.8. The van der Waals surface area contributed by atoms with Crippen LogP contribution in [0.5, 0.6) is 0 Å². The summed E-state index contributed by atoms with van der Waals surface area (Å²) in [5, 5.41) is 3.65. The number of nitrogens with zero attached hydrogens (tertiary/aromatic N) is 3. The highest BCUT2D eigenvalue weighted by Gasteiger charge is 2.41. The first-order valence-electron chi connectivity index (χ1n) is 6.86. The Labute approximate surface area is 128 Å². The fraction of sp³-hybridized carbons (Fsp3) is 0.357. The Kier molecular flexibility index (Phi) is 3.70. The smallest absolute Gasteiger partial charge is 0.332 e. The van der Waals surface area contributed by atoms with E-state index in [1.165, 1.54) is 0 Å². The van der Waals surface area contributed by atoms with Gasteiger partial charge in [0, 0.05) is 12.1 Å². The zero-order chi connectivity index (χ0) is 16.6. The number of benzene rings is 1. The number of rotatable bonds is 3. The van der Waals surface area contributed by atoms with Crippen molar-refractivity contribution in [2.75, 3.05) is 13.1 Å². The molecular weight excluding hydrogens is 315 g/mol. The van der Waals surface area contributed by atoms with Crippen molar-refractivity contribution in [2.45, 2.75) is 18.6 Å². The molecule has 1 fully saturated rings. The molecule has 1 atom stereocenters. The molecule has 0 radical (unpaired) electrons. The Bertz CT molecular complexity index is 767. The first-order valence-corrected chi connectivity index (χ1v) is 6.86. The molecule has 0 bridgehead atoms. The number of hydrogen-bond donors (Lipinski definition) is 0. The first-order chi connectivity index (χ1) is 10.9. The van der Waals surface area contributed by atoms with E-state index < -0.39 is 30.4 Å². The number of alkyl halides is 3. The number of carbonyl (C=O) groups excluding carboxylic acids is 1. The number of halogens is 3. The van der Waals surface area contributed by atoms with Crippen LogP contribution in [-0.2, 0) is 4.79 Å². The second-order valence-corrected chi connectivity index (χ2v) is 5.19. The Morgan fingerprint density at radius 2 is 1.91 bits per heavy atom. The summed E-state index contributed by atoms with van der Waals surface area (Å²) in [5.74, 6) is -1.50. The van der Waals surface area contributed by atoms with Gasteiger partial charge in [-0.3, -0.25) is 9.32 Å². The maximum atomic E-state index is 12.5. The highest BCUT2D eigenvalue weighted by molar-refractivity contribution is 5.83. The van der Waals surface area contributed by atoms with Crippen molar-refractivity contribution in [1.82, 2.24) is 14.6 Å². The molecule has 1 aliphatic heterocycles. The van der Waals surface area contributed by atoms with Gasteiger partial charge in [-0.05, 0) is 6.42 Å². The van der Waals surface area contributed by atoms with Crippen molar-refractivity contribution in [3.8, 4) is 11.4 Å². The number of carbonyl (C=O) groups is 1. The molecule has 9 heteroatoms. The molecule has 1 aromatic carbocycles. The second-order valence-electron chi connectivity index (χ2n) is 5.19. The van der Waals surface area contributed by atoms with Crippen LogP contribution in [-0.4, -0.2) is 39.8 Å². The molecule has 0 saturated carbocycles. The summed E-state index contributed by atoms with van der Waals surface area (Å²) in [5.41, 5.74) is 0.542. The lowest BCUT2D eigenvalue weighted by Crippen LogP contribution is -2.37. The lowest BCUT2D eigenvalue weighted by Gasteiger charge is -2.18. The van der Waals surface area contributed by atoms with Crippen molar-refractivity contribution in [3.05, 3.63) is 40.9 Å². The molecule has 6 nitrogen and oxygen atoms in total. The number of hydrogen-bond acceptors (Lipinski definition) is 4. The Balaban J connectivity index is 1.93. The summed E-state index contributed by atoms with van der Waals surface area (Å²) < 4.78 is 43.1. The number of likely N-dealkylation sites (tertiary alicyclic amines) is 1. The van der Waals surface area contributed by atoms with Gasteiger partial charge in [-0.2, -0.15) is 13.2 Å². The molecule has 0 unspecified atom stereocenters. The molecule has 2 aromatic rings. The minimum Gasteiger partial charge on any atom is -0.332 e. The van der Waals surface area contributed by atoms with E-state index in [0.29, 0.717) is 10.5 Å². The predicted molar refractivity (Wildman–Crippen MR) is 72.5 cm³/mol. The van der Waals surface area contributed by atoms with Gasteiger partial charge in [-0.15, -0.1) is 0 Å². The van der Waals surface area contributed by atoms with Crippen molar-refractivity contribution in [2.24, 2.45) is 0 Å². The summed E-state index contributed by atoms with van der Waals surface area (Å²) in [7, 11) is 0. The van der Waals surface area contributed by atoms with Crippen molar-refractivity contribution >= 4 is 5.91 Å². The second kappa shape index (κ2) is 5.56. The van der Waals surface area contributed by atoms with Gasteiger partial charge < -0.3 is 4.90 Å². The minimum absolute atomic E-state index is 0.0745. The van der Waals surface area contributed by atoms with Crippen molar-refractivity contribution in [3.63, 3.8) is 0 Å². The largest absolute Gasteiger partial charge is 0.442 e. The monoisotopic (exact) mass is 327 g/mol. The van der Waals surface area contributed by atoms with Gasteiger partial charge in [0.1, 0.15) is 12.6 Å². The molecule has 0 N–H and O–H groups in total. The van der Waals surface area contributed by atoms with Crippen LogP contribution in [0.2, 0.25) is 0 Å². The third-order valence-corrected chi connectivity index (χ3v) is 3.62. The average Bonchev–Trinajstić information content (AvgIpc) is 3.03. The van der Waals surface area contributed by atoms with Gasteiger partial charge in [0.15, 0.2) is 5.82 Å². The van der Waals surface area contributed by atoms with E-state index in [1.807, 2.05) is 0 Å². The molecule has 1 aliphatic rings. The first kappa shape index (κ1) is 15.3. The van der Waals surface area contributed by atoms with E-state index >= 15 is 0 Å².